The Hall–Kier alpha value is -1.43. The number of benzene rings is 1. The van der Waals surface area contributed by atoms with Crippen molar-refractivity contribution in [1.29, 1.82) is 0 Å². The molecule has 0 radical (unpaired) electrons. The lowest BCUT2D eigenvalue weighted by molar-refractivity contribution is 0.0646. The molecule has 1 aliphatic rings. The van der Waals surface area contributed by atoms with E-state index in [2.05, 4.69) is 0 Å². The summed E-state index contributed by atoms with van der Waals surface area (Å²) in [6, 6.07) is 0. The van der Waals surface area contributed by atoms with E-state index < -0.39 is 46.3 Å². The van der Waals surface area contributed by atoms with Gasteiger partial charge < -0.3 is 5.11 Å². The lowest BCUT2D eigenvalue weighted by Gasteiger charge is -2.24. The molecule has 2 rings (SSSR count). The molecule has 0 spiro atoms. The summed E-state index contributed by atoms with van der Waals surface area (Å²) in [7, 11) is 0. The first-order valence-corrected chi connectivity index (χ1v) is 3.55. The highest BCUT2D eigenvalue weighted by Crippen LogP contribution is 2.39. The second-order valence-corrected chi connectivity index (χ2v) is 2.81. The lowest BCUT2D eigenvalue weighted by Crippen LogP contribution is -2.31. The zero-order valence-corrected chi connectivity index (χ0v) is 6.44. The van der Waals surface area contributed by atoms with Gasteiger partial charge in [0.15, 0.2) is 29.1 Å². The Morgan fingerprint density at radius 1 is 0.929 bits per heavy atom. The molecule has 0 heterocycles. The molecule has 0 aliphatic heterocycles. The standard InChI is InChI=1S/C8H2F4O2/c9-3-1-2(8(14)7(1)13)4(10)6(12)5(3)11/h7,13H. The van der Waals surface area contributed by atoms with Crippen molar-refractivity contribution in [2.75, 3.05) is 0 Å². The molecule has 0 saturated heterocycles. The first kappa shape index (κ1) is 9.14. The molecule has 74 valence electrons. The van der Waals surface area contributed by atoms with Crippen molar-refractivity contribution in [3.63, 3.8) is 0 Å². The molecule has 14 heavy (non-hydrogen) atoms. The van der Waals surface area contributed by atoms with Gasteiger partial charge in [0.25, 0.3) is 0 Å². The minimum atomic E-state index is -2.04. The molecule has 0 fully saturated rings. The van der Waals surface area contributed by atoms with E-state index in [1.54, 1.807) is 0 Å². The molecule has 6 heteroatoms. The third-order valence-corrected chi connectivity index (χ3v) is 2.07. The highest BCUT2D eigenvalue weighted by Gasteiger charge is 2.44. The highest BCUT2D eigenvalue weighted by molar-refractivity contribution is 6.09. The number of hydrogen-bond acceptors (Lipinski definition) is 2. The van der Waals surface area contributed by atoms with Crippen LogP contribution in [0.3, 0.4) is 0 Å². The smallest absolute Gasteiger partial charge is 0.199 e. The van der Waals surface area contributed by atoms with Crippen LogP contribution in [0.15, 0.2) is 0 Å². The molecule has 0 aromatic heterocycles. The first-order chi connectivity index (χ1) is 6.46. The Bertz CT molecular complexity index is 455. The number of carbonyl (C=O) groups excluding carboxylic acids is 1. The average molecular weight is 206 g/mol. The third-order valence-electron chi connectivity index (χ3n) is 2.07. The molecule has 0 bridgehead atoms. The zero-order valence-electron chi connectivity index (χ0n) is 6.44. The number of hydrogen-bond donors (Lipinski definition) is 1. The molecular weight excluding hydrogens is 204 g/mol. The number of ketones is 1. The fourth-order valence-corrected chi connectivity index (χ4v) is 1.34. The maximum Gasteiger partial charge on any atom is 0.199 e. The zero-order chi connectivity index (χ0) is 10.6. The van der Waals surface area contributed by atoms with Crippen LogP contribution in [-0.4, -0.2) is 10.9 Å². The van der Waals surface area contributed by atoms with Crippen molar-refractivity contribution < 1.29 is 27.5 Å². The Labute approximate surface area is 74.8 Å². The number of fused-ring (bicyclic) bond motifs is 1. The average Bonchev–Trinajstić information content (AvgIpc) is 2.18. The summed E-state index contributed by atoms with van der Waals surface area (Å²) in [5, 5.41) is 8.84. The number of carbonyl (C=O) groups is 1. The van der Waals surface area contributed by atoms with Gasteiger partial charge in [-0.15, -0.1) is 0 Å². The van der Waals surface area contributed by atoms with E-state index in [9.17, 15) is 22.4 Å². The van der Waals surface area contributed by atoms with E-state index in [-0.39, 0.29) is 0 Å². The minimum absolute atomic E-state index is 0.814. The largest absolute Gasteiger partial charge is 0.380 e. The summed E-state index contributed by atoms with van der Waals surface area (Å²) in [5.41, 5.74) is -1.72. The topological polar surface area (TPSA) is 37.3 Å². The van der Waals surface area contributed by atoms with E-state index in [0.29, 0.717) is 0 Å². The fourth-order valence-electron chi connectivity index (χ4n) is 1.34. The molecule has 2 nitrogen and oxygen atoms in total. The highest BCUT2D eigenvalue weighted by atomic mass is 19.2. The van der Waals surface area contributed by atoms with Crippen LogP contribution in [0.2, 0.25) is 0 Å². The van der Waals surface area contributed by atoms with E-state index in [4.69, 9.17) is 5.11 Å². The Kier molecular flexibility index (Phi) is 1.66. The van der Waals surface area contributed by atoms with Gasteiger partial charge in [0.1, 0.15) is 6.10 Å². The first-order valence-electron chi connectivity index (χ1n) is 3.55. The summed E-state index contributed by atoms with van der Waals surface area (Å²) < 4.78 is 50.7. The summed E-state index contributed by atoms with van der Waals surface area (Å²) >= 11 is 0. The van der Waals surface area contributed by atoms with Crippen LogP contribution in [0.4, 0.5) is 17.6 Å². The van der Waals surface area contributed by atoms with Gasteiger partial charge in [0.05, 0.1) is 5.56 Å². The quantitative estimate of drug-likeness (QED) is 0.396. The molecule has 1 aromatic carbocycles. The van der Waals surface area contributed by atoms with Gasteiger partial charge in [-0.2, -0.15) is 0 Å². The summed E-state index contributed by atoms with van der Waals surface area (Å²) in [4.78, 5) is 10.7. The van der Waals surface area contributed by atoms with Crippen molar-refractivity contribution in [2.24, 2.45) is 0 Å². The maximum absolute atomic E-state index is 12.8. The van der Waals surface area contributed by atoms with Gasteiger partial charge in [-0.1, -0.05) is 0 Å². The van der Waals surface area contributed by atoms with Crippen LogP contribution in [-0.2, 0) is 0 Å². The van der Waals surface area contributed by atoms with E-state index in [1.807, 2.05) is 0 Å². The minimum Gasteiger partial charge on any atom is -0.380 e. The summed E-state index contributed by atoms with van der Waals surface area (Å²) in [6.45, 7) is 0. The molecular formula is C8H2F4O2. The number of halogens is 4. The molecule has 1 atom stereocenters. The molecule has 0 amide bonds. The Morgan fingerprint density at radius 2 is 1.43 bits per heavy atom. The summed E-state index contributed by atoms with van der Waals surface area (Å²) in [5.74, 6) is -8.68. The van der Waals surface area contributed by atoms with Crippen LogP contribution in [0.5, 0.6) is 0 Å². The molecule has 1 N–H and O–H groups in total. The van der Waals surface area contributed by atoms with E-state index in [1.165, 1.54) is 0 Å². The molecule has 1 aliphatic carbocycles. The maximum atomic E-state index is 12.8. The van der Waals surface area contributed by atoms with Crippen LogP contribution in [0, 0.1) is 23.3 Å². The van der Waals surface area contributed by atoms with Crippen molar-refractivity contribution >= 4 is 5.78 Å². The Morgan fingerprint density at radius 3 is 2.00 bits per heavy atom. The number of aliphatic hydroxyl groups is 1. The molecule has 0 saturated carbocycles. The molecule has 1 unspecified atom stereocenters. The summed E-state index contributed by atoms with van der Waals surface area (Å²) in [6.07, 6.45) is -1.89. The van der Waals surface area contributed by atoms with Gasteiger partial charge in [-0.05, 0) is 0 Å². The third kappa shape index (κ3) is 0.810. The van der Waals surface area contributed by atoms with E-state index in [0.717, 1.165) is 0 Å². The second kappa shape index (κ2) is 2.54. The van der Waals surface area contributed by atoms with Crippen LogP contribution in [0.25, 0.3) is 0 Å². The van der Waals surface area contributed by atoms with Gasteiger partial charge in [0.2, 0.25) is 0 Å². The van der Waals surface area contributed by atoms with Gasteiger partial charge >= 0.3 is 0 Å². The van der Waals surface area contributed by atoms with Crippen molar-refractivity contribution in [2.45, 2.75) is 6.10 Å². The fraction of sp³-hybridized carbons (Fsp3) is 0.125. The lowest BCUT2D eigenvalue weighted by atomic mass is 9.83. The second-order valence-electron chi connectivity index (χ2n) is 2.81. The number of Topliss-reactive ketones (excluding diaryl/α,β-unsaturated/α-hetero) is 1. The SMILES string of the molecule is O=C1c2c(F)c(F)c(F)c(F)c2C1O. The number of aliphatic hydroxyl groups excluding tert-OH is 1. The van der Waals surface area contributed by atoms with Crippen LogP contribution < -0.4 is 0 Å². The monoisotopic (exact) mass is 206 g/mol. The van der Waals surface area contributed by atoms with Crippen molar-refractivity contribution in [1.82, 2.24) is 0 Å². The van der Waals surface area contributed by atoms with Crippen molar-refractivity contribution in [3.05, 3.63) is 34.4 Å². The normalized spacial score (nSPS) is 19.2. The van der Waals surface area contributed by atoms with Crippen LogP contribution in [0.1, 0.15) is 22.0 Å². The van der Waals surface area contributed by atoms with Gasteiger partial charge in [0, 0.05) is 5.56 Å². The van der Waals surface area contributed by atoms with Crippen LogP contribution >= 0.6 is 0 Å². The predicted molar refractivity (Wildman–Crippen MR) is 35.6 cm³/mol. The van der Waals surface area contributed by atoms with Crippen molar-refractivity contribution in [3.8, 4) is 0 Å². The van der Waals surface area contributed by atoms with Gasteiger partial charge in [-0.3, -0.25) is 4.79 Å². The van der Waals surface area contributed by atoms with Gasteiger partial charge in [-0.25, -0.2) is 17.6 Å². The number of rotatable bonds is 0. The predicted octanol–water partition coefficient (Wildman–Crippen LogP) is 1.47. The molecule has 1 aromatic rings. The Balaban J connectivity index is 2.83. The van der Waals surface area contributed by atoms with E-state index >= 15 is 0 Å².